The third kappa shape index (κ3) is 3.76. The number of carbonyl (C=O) groups is 3. The van der Waals surface area contributed by atoms with Gasteiger partial charge < -0.3 is 19.3 Å². The number of hydrogen-bond donors (Lipinski definition) is 1. The van der Waals surface area contributed by atoms with Crippen LogP contribution in [0.15, 0.2) is 47.3 Å². The first-order valence-electron chi connectivity index (χ1n) is 13.4. The fraction of sp³-hybridized carbons (Fsp3) is 0.633. The average Bonchev–Trinajstić information content (AvgIpc) is 3.34. The molecule has 7 heteroatoms. The van der Waals surface area contributed by atoms with Gasteiger partial charge in [0.15, 0.2) is 5.60 Å². The van der Waals surface area contributed by atoms with Gasteiger partial charge in [-0.3, -0.25) is 4.79 Å². The Balaban J connectivity index is 1.60. The summed E-state index contributed by atoms with van der Waals surface area (Å²) in [6, 6.07) is 0. The van der Waals surface area contributed by atoms with E-state index in [9.17, 15) is 19.5 Å². The molecule has 6 aliphatic rings. The highest BCUT2D eigenvalue weighted by Gasteiger charge is 2.61. The van der Waals surface area contributed by atoms with Gasteiger partial charge >= 0.3 is 11.9 Å². The minimum Gasteiger partial charge on any atom is -0.480 e. The lowest BCUT2D eigenvalue weighted by atomic mass is 9.48. The second-order valence-corrected chi connectivity index (χ2v) is 12.3. The molecule has 200 valence electrons. The molecule has 7 nitrogen and oxygen atoms in total. The van der Waals surface area contributed by atoms with Crippen LogP contribution in [0.3, 0.4) is 0 Å². The van der Waals surface area contributed by atoms with Crippen LogP contribution >= 0.6 is 0 Å². The molecule has 3 fully saturated rings. The SMILES string of the molecule is C=C1C(=O)OC2C(CC3=CCC4CC3C4(C)C)C(C)C3=CC(=O)C(C)(O3)C(O)C(OC(=O)C(C)=CC)C12. The summed E-state index contributed by atoms with van der Waals surface area (Å²) >= 11 is 0. The molecule has 3 heterocycles. The van der Waals surface area contributed by atoms with Crippen LogP contribution in [-0.4, -0.2) is 46.7 Å². The standard InChI is InChI=1S/C30H38O7/c1-8-14(2)27(33)36-25-23-16(4)28(34)35-24(23)19(11-17-9-10-18-12-20(17)29(18,5)6)15(3)21-13-22(31)30(7,37-21)26(25)32/h8-9,13,15,18-20,23-26,32H,4,10-12H2,1-3,5-7H3. The summed E-state index contributed by atoms with van der Waals surface area (Å²) in [5.41, 5.74) is 0.388. The number of rotatable bonds is 4. The molecule has 0 amide bonds. The number of ether oxygens (including phenoxy) is 3. The van der Waals surface area contributed by atoms with Gasteiger partial charge in [-0.05, 0) is 57.3 Å². The highest BCUT2D eigenvalue weighted by atomic mass is 16.6. The molecule has 37 heavy (non-hydrogen) atoms. The summed E-state index contributed by atoms with van der Waals surface area (Å²) in [4.78, 5) is 39.1. The van der Waals surface area contributed by atoms with Gasteiger partial charge in [0.05, 0.1) is 5.92 Å². The van der Waals surface area contributed by atoms with Crippen LogP contribution in [-0.2, 0) is 28.6 Å². The van der Waals surface area contributed by atoms with Crippen LogP contribution in [0.25, 0.3) is 0 Å². The van der Waals surface area contributed by atoms with Crippen molar-refractivity contribution in [2.75, 3.05) is 0 Å². The summed E-state index contributed by atoms with van der Waals surface area (Å²) in [7, 11) is 0. The Hall–Kier alpha value is -2.67. The largest absolute Gasteiger partial charge is 0.480 e. The van der Waals surface area contributed by atoms with Crippen LogP contribution < -0.4 is 0 Å². The molecule has 1 saturated carbocycles. The molecule has 0 radical (unpaired) electrons. The molecule has 3 aliphatic carbocycles. The van der Waals surface area contributed by atoms with E-state index in [-0.39, 0.29) is 22.8 Å². The molecule has 4 bridgehead atoms. The normalized spacial score (nSPS) is 42.2. The highest BCUT2D eigenvalue weighted by Crippen LogP contribution is 2.61. The Bertz CT molecular complexity index is 1160. The second kappa shape index (κ2) is 8.69. The molecule has 0 aromatic carbocycles. The Morgan fingerprint density at radius 3 is 2.62 bits per heavy atom. The maximum atomic E-state index is 13.2. The number of hydrogen-bond acceptors (Lipinski definition) is 7. The van der Waals surface area contributed by atoms with Crippen molar-refractivity contribution in [3.8, 4) is 0 Å². The number of esters is 2. The highest BCUT2D eigenvalue weighted by molar-refractivity contribution is 6.00. The first-order valence-corrected chi connectivity index (χ1v) is 13.4. The van der Waals surface area contributed by atoms with Crippen LogP contribution in [0.5, 0.6) is 0 Å². The van der Waals surface area contributed by atoms with Crippen molar-refractivity contribution < 1.29 is 33.7 Å². The molecule has 6 rings (SSSR count). The number of aliphatic hydroxyl groups is 1. The van der Waals surface area contributed by atoms with Gasteiger partial charge in [-0.1, -0.05) is 45.1 Å². The Kier molecular flexibility index (Phi) is 6.09. The fourth-order valence-corrected chi connectivity index (χ4v) is 7.12. The van der Waals surface area contributed by atoms with Crippen molar-refractivity contribution >= 4 is 17.7 Å². The van der Waals surface area contributed by atoms with Crippen molar-refractivity contribution in [1.29, 1.82) is 0 Å². The minimum absolute atomic E-state index is 0.140. The monoisotopic (exact) mass is 510 g/mol. The quantitative estimate of drug-likeness (QED) is 0.344. The predicted octanol–water partition coefficient (Wildman–Crippen LogP) is 4.21. The Morgan fingerprint density at radius 1 is 1.30 bits per heavy atom. The van der Waals surface area contributed by atoms with Crippen molar-refractivity contribution in [2.45, 2.75) is 84.7 Å². The number of fused-ring (bicyclic) bond motifs is 4. The number of aliphatic hydroxyl groups excluding tert-OH is 1. The Morgan fingerprint density at radius 2 is 2.00 bits per heavy atom. The number of ketones is 1. The minimum atomic E-state index is -1.66. The van der Waals surface area contributed by atoms with Crippen molar-refractivity contribution in [3.05, 3.63) is 47.3 Å². The van der Waals surface area contributed by atoms with E-state index < -0.39 is 47.6 Å². The van der Waals surface area contributed by atoms with Crippen molar-refractivity contribution in [2.24, 2.45) is 35.0 Å². The first-order chi connectivity index (χ1) is 17.3. The van der Waals surface area contributed by atoms with Crippen molar-refractivity contribution in [3.63, 3.8) is 0 Å². The van der Waals surface area contributed by atoms with E-state index >= 15 is 0 Å². The van der Waals surface area contributed by atoms with E-state index in [0.717, 1.165) is 12.8 Å². The van der Waals surface area contributed by atoms with Crippen LogP contribution in [0.4, 0.5) is 0 Å². The summed E-state index contributed by atoms with van der Waals surface area (Å²) < 4.78 is 18.0. The first kappa shape index (κ1) is 26.0. The van der Waals surface area contributed by atoms with Gasteiger partial charge in [-0.2, -0.15) is 0 Å². The lowest BCUT2D eigenvalue weighted by molar-refractivity contribution is -0.176. The number of carbonyl (C=O) groups excluding carboxylic acids is 3. The van der Waals surface area contributed by atoms with Gasteiger partial charge in [0.2, 0.25) is 5.78 Å². The third-order valence-corrected chi connectivity index (χ3v) is 10.1. The molecule has 3 aliphatic heterocycles. The average molecular weight is 511 g/mol. The molecule has 2 saturated heterocycles. The van der Waals surface area contributed by atoms with E-state index in [1.54, 1.807) is 19.9 Å². The summed E-state index contributed by atoms with van der Waals surface area (Å²) in [5, 5.41) is 11.6. The van der Waals surface area contributed by atoms with Gasteiger partial charge in [0, 0.05) is 29.1 Å². The zero-order valence-electron chi connectivity index (χ0n) is 22.6. The molecular formula is C30H38O7. The molecule has 9 atom stereocenters. The van der Waals surface area contributed by atoms with Gasteiger partial charge in [-0.25, -0.2) is 9.59 Å². The fourth-order valence-electron chi connectivity index (χ4n) is 7.12. The molecular weight excluding hydrogens is 472 g/mol. The van der Waals surface area contributed by atoms with E-state index in [4.69, 9.17) is 14.2 Å². The molecule has 0 spiro atoms. The van der Waals surface area contributed by atoms with Crippen LogP contribution in [0, 0.1) is 35.0 Å². The molecule has 1 N–H and O–H groups in total. The second-order valence-electron chi connectivity index (χ2n) is 12.3. The van der Waals surface area contributed by atoms with E-state index in [0.29, 0.717) is 29.6 Å². The third-order valence-electron chi connectivity index (χ3n) is 10.1. The maximum absolute atomic E-state index is 13.2. The van der Waals surface area contributed by atoms with Gasteiger partial charge in [0.25, 0.3) is 0 Å². The smallest absolute Gasteiger partial charge is 0.334 e. The zero-order chi connectivity index (χ0) is 27.0. The molecule has 9 unspecified atom stereocenters. The number of allylic oxidation sites excluding steroid dienone is 4. The lowest BCUT2D eigenvalue weighted by Crippen LogP contribution is -2.56. The summed E-state index contributed by atoms with van der Waals surface area (Å²) in [6.45, 7) is 15.4. The predicted molar refractivity (Wildman–Crippen MR) is 136 cm³/mol. The maximum Gasteiger partial charge on any atom is 0.334 e. The topological polar surface area (TPSA) is 99.1 Å². The van der Waals surface area contributed by atoms with E-state index in [2.05, 4.69) is 26.5 Å². The van der Waals surface area contributed by atoms with E-state index in [1.807, 2.05) is 6.92 Å². The zero-order valence-corrected chi connectivity index (χ0v) is 22.6. The lowest BCUT2D eigenvalue weighted by Gasteiger charge is -2.57. The van der Waals surface area contributed by atoms with Crippen LogP contribution in [0.1, 0.15) is 60.8 Å². The van der Waals surface area contributed by atoms with Crippen molar-refractivity contribution in [1.82, 2.24) is 0 Å². The van der Waals surface area contributed by atoms with Gasteiger partial charge in [-0.15, -0.1) is 0 Å². The van der Waals surface area contributed by atoms with E-state index in [1.165, 1.54) is 18.6 Å². The summed E-state index contributed by atoms with van der Waals surface area (Å²) in [6.07, 6.45) is 4.72. The van der Waals surface area contributed by atoms with Crippen LogP contribution in [0.2, 0.25) is 0 Å². The molecule has 0 aromatic heterocycles. The molecule has 0 aromatic rings. The summed E-state index contributed by atoms with van der Waals surface area (Å²) in [5.74, 6) is -1.36. The Labute approximate surface area is 218 Å². The van der Waals surface area contributed by atoms with Gasteiger partial charge in [0.1, 0.15) is 24.1 Å².